The van der Waals surface area contributed by atoms with E-state index in [1.165, 1.54) is 32.1 Å². The van der Waals surface area contributed by atoms with Crippen molar-refractivity contribution >= 4 is 0 Å². The van der Waals surface area contributed by atoms with Gasteiger partial charge < -0.3 is 0 Å². The van der Waals surface area contributed by atoms with E-state index in [9.17, 15) is 0 Å². The van der Waals surface area contributed by atoms with E-state index < -0.39 is 0 Å². The molecule has 0 aromatic rings. The van der Waals surface area contributed by atoms with E-state index in [-0.39, 0.29) is 0 Å². The molecular weight excluding hydrogens is 336 g/mol. The lowest BCUT2D eigenvalue weighted by Gasteiger charge is -2.66. The number of allylic oxidation sites excluding steroid dienone is 2. The molecule has 0 spiro atoms. The van der Waals surface area contributed by atoms with Gasteiger partial charge in [0.1, 0.15) is 0 Å². The van der Waals surface area contributed by atoms with Crippen molar-refractivity contribution in [1.82, 2.24) is 0 Å². The van der Waals surface area contributed by atoms with E-state index >= 15 is 0 Å². The predicted octanol–water partition coefficient (Wildman–Crippen LogP) is 8.83. The Morgan fingerprint density at radius 2 is 1.57 bits per heavy atom. The Morgan fingerprint density at radius 1 is 0.929 bits per heavy atom. The van der Waals surface area contributed by atoms with E-state index in [1.54, 1.807) is 38.2 Å². The van der Waals surface area contributed by atoms with Crippen LogP contribution in [0.2, 0.25) is 0 Å². The van der Waals surface area contributed by atoms with Gasteiger partial charge in [-0.3, -0.25) is 0 Å². The Kier molecular flexibility index (Phi) is 6.30. The lowest BCUT2D eigenvalue weighted by Crippen LogP contribution is -2.58. The monoisotopic (exact) mass is 384 g/mol. The molecule has 4 saturated carbocycles. The zero-order valence-corrected chi connectivity index (χ0v) is 19.9. The van der Waals surface area contributed by atoms with Crippen molar-refractivity contribution in [2.24, 2.45) is 45.8 Å². The van der Waals surface area contributed by atoms with Crippen LogP contribution in [0.25, 0.3) is 0 Å². The number of hydrogen-bond donors (Lipinski definition) is 0. The van der Waals surface area contributed by atoms with Gasteiger partial charge in [-0.2, -0.15) is 0 Å². The Bertz CT molecular complexity index is 587. The first-order valence-electron chi connectivity index (χ1n) is 12.4. The molecule has 0 nitrogen and oxygen atoms in total. The van der Waals surface area contributed by atoms with Gasteiger partial charge in [-0.25, -0.2) is 0 Å². The second-order valence-corrected chi connectivity index (χ2v) is 11.9. The molecule has 4 rings (SSSR count). The van der Waals surface area contributed by atoms with E-state index in [1.807, 2.05) is 6.92 Å². The van der Waals surface area contributed by atoms with Crippen LogP contribution in [-0.4, -0.2) is 0 Å². The molecule has 0 radical (unpaired) electrons. The highest BCUT2D eigenvalue weighted by molar-refractivity contribution is 5.14. The fraction of sp³-hybridized carbons (Fsp3) is 0.857. The molecule has 0 aromatic heterocycles. The third kappa shape index (κ3) is 3.35. The quantitative estimate of drug-likeness (QED) is 0.417. The van der Waals surface area contributed by atoms with Gasteiger partial charge in [0.05, 0.1) is 0 Å². The van der Waals surface area contributed by atoms with Crippen molar-refractivity contribution in [2.45, 2.75) is 106 Å². The van der Waals surface area contributed by atoms with Crippen LogP contribution >= 0.6 is 0 Å². The number of fused-ring (bicyclic) bond motifs is 5. The van der Waals surface area contributed by atoms with Crippen molar-refractivity contribution in [1.29, 1.82) is 0 Å². The summed E-state index contributed by atoms with van der Waals surface area (Å²) in [5, 5.41) is 0. The Hall–Kier alpha value is -0.520. The lowest BCUT2D eigenvalue weighted by molar-refractivity contribution is -0.172. The average Bonchev–Trinajstić information content (AvgIpc) is 3.01. The normalized spacial score (nSPS) is 49.7. The molecule has 8 atom stereocenters. The van der Waals surface area contributed by atoms with E-state index in [4.69, 9.17) is 0 Å². The van der Waals surface area contributed by atoms with E-state index in [2.05, 4.69) is 47.8 Å². The largest absolute Gasteiger partial charge is 0.0988 e. The van der Waals surface area contributed by atoms with E-state index in [0.717, 1.165) is 35.2 Å². The molecule has 0 heteroatoms. The molecule has 0 bridgehead atoms. The van der Waals surface area contributed by atoms with Gasteiger partial charge in [0, 0.05) is 0 Å². The van der Waals surface area contributed by atoms with Gasteiger partial charge in [-0.15, -0.1) is 0 Å². The maximum absolute atomic E-state index is 3.56. The molecule has 160 valence electrons. The molecule has 0 amide bonds. The van der Waals surface area contributed by atoms with Crippen LogP contribution in [0.4, 0.5) is 0 Å². The lowest BCUT2D eigenvalue weighted by atomic mass is 9.39. The molecule has 4 fully saturated rings. The van der Waals surface area contributed by atoms with Crippen molar-refractivity contribution < 1.29 is 0 Å². The third-order valence-corrected chi connectivity index (χ3v) is 10.7. The number of hydrogen-bond acceptors (Lipinski definition) is 0. The molecule has 1 unspecified atom stereocenters. The maximum atomic E-state index is 3.56. The summed E-state index contributed by atoms with van der Waals surface area (Å²) in [7, 11) is 0. The van der Waals surface area contributed by atoms with Crippen LogP contribution in [0.15, 0.2) is 24.8 Å². The minimum absolute atomic E-state index is 0.658. The minimum Gasteiger partial charge on any atom is -0.0988 e. The summed E-state index contributed by atoms with van der Waals surface area (Å²) in [5.74, 6) is 5.06. The van der Waals surface area contributed by atoms with Crippen LogP contribution in [0.1, 0.15) is 106 Å². The fourth-order valence-corrected chi connectivity index (χ4v) is 8.96. The molecule has 28 heavy (non-hydrogen) atoms. The molecule has 0 heterocycles. The standard InChI is InChI=1S/C23H40.C5H8/c1-6-23-14-11-19-21(4)12-9-16(2)15-18(21)10-13-22(19,5)20(23)8-7-17(23)3;1-4-5(2)3/h16-20H,6-15H2,1-5H3;4H,1-2H2,3H3/t16-,17-,18+,19?,20+,21-,22+,23+;/m0./s1. The van der Waals surface area contributed by atoms with Crippen LogP contribution < -0.4 is 0 Å². The average molecular weight is 385 g/mol. The zero-order chi connectivity index (χ0) is 20.7. The molecule has 0 aromatic carbocycles. The van der Waals surface area contributed by atoms with Crippen LogP contribution in [-0.2, 0) is 0 Å². The topological polar surface area (TPSA) is 0 Å². The highest BCUT2D eigenvalue weighted by atomic mass is 14.7. The summed E-state index contributed by atoms with van der Waals surface area (Å²) in [5.41, 5.74) is 3.05. The first-order valence-corrected chi connectivity index (χ1v) is 12.4. The van der Waals surface area contributed by atoms with E-state index in [0.29, 0.717) is 16.2 Å². The summed E-state index contributed by atoms with van der Waals surface area (Å²) in [6.07, 6.45) is 17.0. The van der Waals surface area contributed by atoms with Crippen molar-refractivity contribution in [3.8, 4) is 0 Å². The smallest absolute Gasteiger partial charge is 0.0241 e. The summed E-state index contributed by atoms with van der Waals surface area (Å²) >= 11 is 0. The first kappa shape index (κ1) is 22.2. The summed E-state index contributed by atoms with van der Waals surface area (Å²) in [6, 6.07) is 0. The van der Waals surface area contributed by atoms with Gasteiger partial charge in [-0.1, -0.05) is 65.8 Å². The number of rotatable bonds is 2. The van der Waals surface area contributed by atoms with Gasteiger partial charge in [0.2, 0.25) is 0 Å². The summed E-state index contributed by atoms with van der Waals surface area (Å²) < 4.78 is 0. The molecule has 0 saturated heterocycles. The Balaban J connectivity index is 0.000000403. The van der Waals surface area contributed by atoms with Gasteiger partial charge >= 0.3 is 0 Å². The zero-order valence-electron chi connectivity index (χ0n) is 19.9. The van der Waals surface area contributed by atoms with Crippen LogP contribution in [0.3, 0.4) is 0 Å². The predicted molar refractivity (Wildman–Crippen MR) is 124 cm³/mol. The second-order valence-electron chi connectivity index (χ2n) is 11.9. The van der Waals surface area contributed by atoms with Gasteiger partial charge in [0.15, 0.2) is 0 Å². The first-order chi connectivity index (χ1) is 13.1. The van der Waals surface area contributed by atoms with Crippen LogP contribution in [0.5, 0.6) is 0 Å². The molecule has 4 aliphatic carbocycles. The minimum atomic E-state index is 0.658. The van der Waals surface area contributed by atoms with Crippen molar-refractivity contribution in [2.75, 3.05) is 0 Å². The van der Waals surface area contributed by atoms with Crippen molar-refractivity contribution in [3.05, 3.63) is 24.8 Å². The summed E-state index contributed by atoms with van der Waals surface area (Å²) in [4.78, 5) is 0. The molecular formula is C28H48. The van der Waals surface area contributed by atoms with Gasteiger partial charge in [-0.05, 0) is 111 Å². The Labute approximate surface area is 176 Å². The second kappa shape index (κ2) is 7.96. The highest BCUT2D eigenvalue weighted by Gasteiger charge is 2.64. The summed E-state index contributed by atoms with van der Waals surface area (Å²) in [6.45, 7) is 22.0. The SMILES string of the molecule is C=CC(=C)C.CC[C@]12CCC3[C@@]4(C)CC[C@H](C)C[C@H]4CC[C@@]3(C)[C@H]1CC[C@@H]2C. The molecule has 4 aliphatic rings. The van der Waals surface area contributed by atoms with Crippen molar-refractivity contribution in [3.63, 3.8) is 0 Å². The van der Waals surface area contributed by atoms with Crippen LogP contribution in [0, 0.1) is 45.8 Å². The van der Waals surface area contributed by atoms with Gasteiger partial charge in [0.25, 0.3) is 0 Å². The maximum Gasteiger partial charge on any atom is -0.0241 e. The molecule has 0 N–H and O–H groups in total. The Morgan fingerprint density at radius 3 is 2.18 bits per heavy atom. The highest BCUT2D eigenvalue weighted by Crippen LogP contribution is 2.73. The molecule has 0 aliphatic heterocycles. The fourth-order valence-electron chi connectivity index (χ4n) is 8.96. The third-order valence-electron chi connectivity index (χ3n) is 10.7.